The molecular formula is C44H42CoN6O10. The zero-order valence-corrected chi connectivity index (χ0v) is 34.5. The smallest absolute Gasteiger partial charge is 0.359 e. The first-order chi connectivity index (χ1) is 28.9. The van der Waals surface area contributed by atoms with Crippen LogP contribution in [-0.4, -0.2) is 89.5 Å². The van der Waals surface area contributed by atoms with Gasteiger partial charge in [-0.25, -0.2) is 23.9 Å². The third-order valence-corrected chi connectivity index (χ3v) is 8.82. The normalized spacial score (nSPS) is 10.8. The Kier molecular flexibility index (Phi) is 16.4. The molecule has 2 aromatic heterocycles. The van der Waals surface area contributed by atoms with E-state index in [2.05, 4.69) is 20.2 Å². The summed E-state index contributed by atoms with van der Waals surface area (Å²) in [4.78, 5) is 55.4. The van der Waals surface area contributed by atoms with Crippen LogP contribution < -0.4 is 0 Å². The average molecular weight is 874 g/mol. The molecule has 2 heterocycles. The number of carboxylic acids is 2. The zero-order chi connectivity index (χ0) is 43.3. The van der Waals surface area contributed by atoms with Crippen molar-refractivity contribution >= 4 is 47.7 Å². The predicted molar refractivity (Wildman–Crippen MR) is 222 cm³/mol. The van der Waals surface area contributed by atoms with E-state index < -0.39 is 23.9 Å². The van der Waals surface area contributed by atoms with Crippen molar-refractivity contribution in [3.8, 4) is 23.1 Å². The Morgan fingerprint density at radius 1 is 0.607 bits per heavy atom. The van der Waals surface area contributed by atoms with Gasteiger partial charge >= 0.3 is 23.9 Å². The molecule has 0 atom stereocenters. The number of benzene rings is 4. The number of aromatic nitrogens is 4. The second-order valence-corrected chi connectivity index (χ2v) is 12.6. The molecule has 61 heavy (non-hydrogen) atoms. The minimum Gasteiger partial charge on any atom is -0.493 e. The average Bonchev–Trinajstić information content (AvgIpc) is 3.77. The largest absolute Gasteiger partial charge is 0.493 e. The number of para-hydroxylation sites is 2. The number of hydrogen-bond acceptors (Lipinski definition) is 12. The number of aromatic carboxylic acids is 2. The van der Waals surface area contributed by atoms with Crippen LogP contribution in [0.3, 0.4) is 0 Å². The maximum absolute atomic E-state index is 12.4. The minimum atomic E-state index is -1.13. The predicted octanol–water partition coefficient (Wildman–Crippen LogP) is 7.53. The van der Waals surface area contributed by atoms with Crippen LogP contribution in [0.25, 0.3) is 11.4 Å². The van der Waals surface area contributed by atoms with E-state index in [9.17, 15) is 39.6 Å². The van der Waals surface area contributed by atoms with Gasteiger partial charge < -0.3 is 29.9 Å². The van der Waals surface area contributed by atoms with Crippen LogP contribution in [0.15, 0.2) is 107 Å². The fourth-order valence-electron chi connectivity index (χ4n) is 5.74. The number of hydrogen-bond donors (Lipinski definition) is 4. The van der Waals surface area contributed by atoms with E-state index in [-0.39, 0.29) is 75.5 Å². The summed E-state index contributed by atoms with van der Waals surface area (Å²) < 4.78 is 12.6. The number of ether oxygens (including phenoxy) is 2. The molecule has 0 aliphatic carbocycles. The van der Waals surface area contributed by atoms with Crippen molar-refractivity contribution in [2.75, 3.05) is 13.2 Å². The van der Waals surface area contributed by atoms with Crippen LogP contribution in [0.2, 0.25) is 0 Å². The molecule has 0 saturated heterocycles. The number of aliphatic imine (C=N–C) groups is 2. The molecule has 0 unspecified atom stereocenters. The fourth-order valence-corrected chi connectivity index (χ4v) is 5.74. The summed E-state index contributed by atoms with van der Waals surface area (Å²) in [5.74, 6) is -3.80. The van der Waals surface area contributed by atoms with E-state index >= 15 is 0 Å². The van der Waals surface area contributed by atoms with Crippen LogP contribution in [0.4, 0.5) is 11.4 Å². The van der Waals surface area contributed by atoms with Crippen LogP contribution >= 0.6 is 0 Å². The molecule has 0 aliphatic rings. The van der Waals surface area contributed by atoms with E-state index in [4.69, 9.17) is 9.47 Å². The molecule has 4 aromatic carbocycles. The molecule has 16 nitrogen and oxygen atoms in total. The number of aryl methyl sites for hydroxylation is 2. The van der Waals surface area contributed by atoms with E-state index in [0.29, 0.717) is 34.6 Å². The van der Waals surface area contributed by atoms with Gasteiger partial charge in [0.2, 0.25) is 11.8 Å². The SMILES string of the molecule is CCOC(=O)c1ccc(-n2nc(CC)c(C=Nc3ccccc3C(=O)O)c2O)cc1.CCOC(=O)c1nn(-c2ccc(CC)cc2)c(O)c1C=Nc1ccccc1C(=O)O.[Co]. The third-order valence-electron chi connectivity index (χ3n) is 8.82. The molecule has 1 radical (unpaired) electrons. The van der Waals surface area contributed by atoms with Gasteiger partial charge in [-0.05, 0) is 92.9 Å². The van der Waals surface area contributed by atoms with E-state index in [1.54, 1.807) is 80.6 Å². The number of carboxylic acid groups (broad SMARTS) is 2. The van der Waals surface area contributed by atoms with Crippen LogP contribution in [0, 0.1) is 0 Å². The summed E-state index contributed by atoms with van der Waals surface area (Å²) in [5.41, 5.74) is 4.04. The van der Waals surface area contributed by atoms with Gasteiger partial charge in [0.15, 0.2) is 5.69 Å². The maximum atomic E-state index is 12.4. The number of nitrogens with zero attached hydrogens (tertiary/aromatic N) is 6. The summed E-state index contributed by atoms with van der Waals surface area (Å²) in [7, 11) is 0. The van der Waals surface area contributed by atoms with Crippen molar-refractivity contribution in [1.29, 1.82) is 0 Å². The van der Waals surface area contributed by atoms with Gasteiger partial charge in [-0.3, -0.25) is 9.98 Å². The quantitative estimate of drug-likeness (QED) is 0.0615. The molecule has 4 N–H and O–H groups in total. The van der Waals surface area contributed by atoms with Gasteiger partial charge in [0.25, 0.3) is 0 Å². The maximum Gasteiger partial charge on any atom is 0.359 e. The number of rotatable bonds is 14. The van der Waals surface area contributed by atoms with Crippen molar-refractivity contribution in [2.45, 2.75) is 40.5 Å². The molecule has 0 bridgehead atoms. The van der Waals surface area contributed by atoms with Gasteiger partial charge in [-0.2, -0.15) is 14.9 Å². The van der Waals surface area contributed by atoms with E-state index in [1.165, 1.54) is 40.0 Å². The molecule has 17 heteroatoms. The minimum absolute atomic E-state index is 0. The third kappa shape index (κ3) is 11.0. The molecule has 6 aromatic rings. The first-order valence-corrected chi connectivity index (χ1v) is 18.8. The fraction of sp³-hybridized carbons (Fsp3) is 0.182. The number of aromatic hydroxyl groups is 2. The van der Waals surface area contributed by atoms with E-state index in [1.807, 2.05) is 26.0 Å². The molecule has 0 amide bonds. The molecule has 0 saturated carbocycles. The molecule has 0 fully saturated rings. The standard InChI is InChI=1S/2C22H21N3O5.Co/c1-3-18-17(13-23-19-8-6-5-7-16(19)21(27)28)20(26)25(24-18)15-11-9-14(10-12-15)22(29)30-4-2;1-3-14-9-11-15(12-10-14)25-20(26)17(19(24-25)22(29)30-4-2)13-23-18-8-6-5-7-16(18)21(27)28;/h2*5-13,26H,3-4H2,1-2H3,(H,27,28);. The van der Waals surface area contributed by atoms with Gasteiger partial charge in [-0.15, -0.1) is 0 Å². The first-order valence-electron chi connectivity index (χ1n) is 18.8. The Balaban J connectivity index is 0.000000264. The van der Waals surface area contributed by atoms with Crippen LogP contribution in [0.5, 0.6) is 11.8 Å². The Bertz CT molecular complexity index is 2560. The number of carbonyl (C=O) groups is 4. The number of esters is 2. The molecule has 0 spiro atoms. The van der Waals surface area contributed by atoms with E-state index in [0.717, 1.165) is 12.0 Å². The van der Waals surface area contributed by atoms with Gasteiger partial charge in [0, 0.05) is 29.2 Å². The Hall–Kier alpha value is -7.37. The summed E-state index contributed by atoms with van der Waals surface area (Å²) in [6.07, 6.45) is 4.02. The second kappa shape index (κ2) is 21.6. The monoisotopic (exact) mass is 873 g/mol. The number of carbonyl (C=O) groups excluding carboxylic acids is 2. The summed E-state index contributed by atoms with van der Waals surface area (Å²) in [6, 6.07) is 26.4. The van der Waals surface area contributed by atoms with Gasteiger partial charge in [-0.1, -0.05) is 50.2 Å². The van der Waals surface area contributed by atoms with Crippen molar-refractivity contribution in [3.05, 3.63) is 142 Å². The Labute approximate surface area is 360 Å². The van der Waals surface area contributed by atoms with Gasteiger partial charge in [0.05, 0.1) is 69.5 Å². The second-order valence-electron chi connectivity index (χ2n) is 12.6. The molecule has 6 rings (SSSR count). The summed E-state index contributed by atoms with van der Waals surface area (Å²) in [5, 5.41) is 48.7. The molecular weight excluding hydrogens is 831 g/mol. The topological polar surface area (TPSA) is 228 Å². The zero-order valence-electron chi connectivity index (χ0n) is 33.5. The van der Waals surface area contributed by atoms with Crippen LogP contribution in [-0.2, 0) is 39.1 Å². The summed E-state index contributed by atoms with van der Waals surface area (Å²) in [6.45, 7) is 7.73. The van der Waals surface area contributed by atoms with Crippen molar-refractivity contribution in [3.63, 3.8) is 0 Å². The van der Waals surface area contributed by atoms with Crippen LogP contribution in [0.1, 0.15) is 91.6 Å². The molecule has 0 aliphatic heterocycles. The Morgan fingerprint density at radius 2 is 1.07 bits per heavy atom. The molecule has 317 valence electrons. The van der Waals surface area contributed by atoms with Crippen molar-refractivity contribution in [2.24, 2.45) is 9.98 Å². The first kappa shape index (κ1) is 46.3. The Morgan fingerprint density at radius 3 is 1.56 bits per heavy atom. The van der Waals surface area contributed by atoms with Gasteiger partial charge in [0.1, 0.15) is 0 Å². The van der Waals surface area contributed by atoms with Crippen molar-refractivity contribution < 1.29 is 65.9 Å². The van der Waals surface area contributed by atoms with Crippen molar-refractivity contribution in [1.82, 2.24) is 19.6 Å². The summed E-state index contributed by atoms with van der Waals surface area (Å²) >= 11 is 0.